The van der Waals surface area contributed by atoms with E-state index in [0.717, 1.165) is 22.0 Å². The lowest BCUT2D eigenvalue weighted by Gasteiger charge is -2.11. The van der Waals surface area contributed by atoms with E-state index in [4.69, 9.17) is 4.74 Å². The summed E-state index contributed by atoms with van der Waals surface area (Å²) in [6, 6.07) is 16.4. The molecule has 2 aromatic heterocycles. The number of nitrogens with one attached hydrogen (secondary N) is 2. The van der Waals surface area contributed by atoms with Crippen LogP contribution in [0.3, 0.4) is 0 Å². The second kappa shape index (κ2) is 8.82. The Labute approximate surface area is 181 Å². The predicted octanol–water partition coefficient (Wildman–Crippen LogP) is 3.59. The second-order valence-corrected chi connectivity index (χ2v) is 8.92. The van der Waals surface area contributed by atoms with Crippen molar-refractivity contribution < 1.29 is 13.2 Å². The molecule has 31 heavy (non-hydrogen) atoms. The average Bonchev–Trinajstić information content (AvgIpc) is 3.41. The summed E-state index contributed by atoms with van der Waals surface area (Å²) in [5.41, 5.74) is 3.95. The smallest absolute Gasteiger partial charge is 0.268 e. The van der Waals surface area contributed by atoms with Crippen LogP contribution in [0.25, 0.3) is 22.2 Å². The molecule has 158 valence electrons. The van der Waals surface area contributed by atoms with Crippen molar-refractivity contribution in [3.05, 3.63) is 78.1 Å². The number of rotatable bonds is 6. The van der Waals surface area contributed by atoms with E-state index in [2.05, 4.69) is 22.1 Å². The molecule has 0 unspecified atom stereocenters. The van der Waals surface area contributed by atoms with E-state index < -0.39 is 10.0 Å². The van der Waals surface area contributed by atoms with Gasteiger partial charge in [0.15, 0.2) is 0 Å². The first-order chi connectivity index (χ1) is 15.0. The molecule has 0 bridgehead atoms. The summed E-state index contributed by atoms with van der Waals surface area (Å²) >= 11 is 0. The third-order valence-corrected chi connectivity index (χ3v) is 6.58. The monoisotopic (exact) mass is 433 g/mol. The molecule has 7 heteroatoms. The number of nitrogens with zero attached hydrogens (tertiary/aromatic N) is 1. The number of hydrogen-bond donors (Lipinski definition) is 2. The minimum absolute atomic E-state index is 0.187. The molecule has 2 N–H and O–H groups in total. The van der Waals surface area contributed by atoms with E-state index in [1.54, 1.807) is 37.6 Å². The summed E-state index contributed by atoms with van der Waals surface area (Å²) in [5, 5.41) is 4.11. The number of hydrogen-bond acceptors (Lipinski definition) is 4. The van der Waals surface area contributed by atoms with E-state index >= 15 is 0 Å². The molecule has 0 aliphatic rings. The Morgan fingerprint density at radius 2 is 2.00 bits per heavy atom. The second-order valence-electron chi connectivity index (χ2n) is 7.11. The highest BCUT2D eigenvalue weighted by Crippen LogP contribution is 2.29. The van der Waals surface area contributed by atoms with Crippen LogP contribution in [0.5, 0.6) is 0 Å². The van der Waals surface area contributed by atoms with Crippen molar-refractivity contribution >= 4 is 20.9 Å². The van der Waals surface area contributed by atoms with Crippen LogP contribution in [-0.2, 0) is 21.3 Å². The summed E-state index contributed by atoms with van der Waals surface area (Å²) < 4.78 is 33.5. The number of benzene rings is 2. The Bertz CT molecular complexity index is 1390. The molecule has 2 heterocycles. The molecular formula is C24H23N3O3S. The lowest BCUT2D eigenvalue weighted by molar-refractivity contribution is 0.240. The topological polar surface area (TPSA) is 76.1 Å². The minimum atomic E-state index is -3.83. The van der Waals surface area contributed by atoms with Crippen LogP contribution in [-0.4, -0.2) is 38.1 Å². The summed E-state index contributed by atoms with van der Waals surface area (Å²) in [6.07, 6.45) is 3.54. The van der Waals surface area contributed by atoms with Crippen LogP contribution in [0, 0.1) is 11.8 Å². The van der Waals surface area contributed by atoms with Crippen LogP contribution in [0.2, 0.25) is 0 Å². The molecule has 4 aromatic rings. The van der Waals surface area contributed by atoms with E-state index in [-0.39, 0.29) is 11.5 Å². The number of fused-ring (bicyclic) bond motifs is 1. The van der Waals surface area contributed by atoms with Crippen molar-refractivity contribution in [2.75, 3.05) is 20.8 Å². The van der Waals surface area contributed by atoms with Gasteiger partial charge in [0.1, 0.15) is 6.61 Å². The summed E-state index contributed by atoms with van der Waals surface area (Å²) in [4.78, 5) is 3.35. The highest BCUT2D eigenvalue weighted by molar-refractivity contribution is 7.90. The molecule has 0 spiro atoms. The van der Waals surface area contributed by atoms with Gasteiger partial charge in [-0.05, 0) is 60.6 Å². The number of ether oxygens (including phenoxy) is 1. The molecule has 0 amide bonds. The van der Waals surface area contributed by atoms with Crippen LogP contribution in [0.1, 0.15) is 11.1 Å². The number of aromatic amines is 1. The molecule has 2 aromatic carbocycles. The number of aromatic nitrogens is 2. The molecule has 0 fully saturated rings. The first kappa shape index (κ1) is 20.9. The van der Waals surface area contributed by atoms with E-state index in [1.165, 1.54) is 3.97 Å². The van der Waals surface area contributed by atoms with Gasteiger partial charge in [0.2, 0.25) is 0 Å². The maximum absolute atomic E-state index is 13.6. The Kier molecular flexibility index (Phi) is 5.96. The molecule has 0 aliphatic carbocycles. The van der Waals surface area contributed by atoms with E-state index in [1.807, 2.05) is 43.6 Å². The summed E-state index contributed by atoms with van der Waals surface area (Å²) in [6.45, 7) is 0.845. The molecule has 0 aliphatic heterocycles. The first-order valence-electron chi connectivity index (χ1n) is 9.80. The number of methoxy groups -OCH3 is 1. The van der Waals surface area contributed by atoms with Crippen LogP contribution in [0.15, 0.2) is 71.9 Å². The molecule has 0 saturated carbocycles. The normalized spacial score (nSPS) is 11.4. The fourth-order valence-electron chi connectivity index (χ4n) is 3.48. The zero-order valence-corrected chi connectivity index (χ0v) is 18.2. The van der Waals surface area contributed by atoms with Crippen molar-refractivity contribution in [2.24, 2.45) is 0 Å². The lowest BCUT2D eigenvalue weighted by atomic mass is 10.1. The van der Waals surface area contributed by atoms with Crippen LogP contribution in [0.4, 0.5) is 0 Å². The molecule has 0 saturated heterocycles. The predicted molar refractivity (Wildman–Crippen MR) is 122 cm³/mol. The van der Waals surface area contributed by atoms with Gasteiger partial charge in [-0.15, -0.1) is 0 Å². The van der Waals surface area contributed by atoms with Gasteiger partial charge in [0.25, 0.3) is 10.0 Å². The highest BCUT2D eigenvalue weighted by Gasteiger charge is 2.22. The van der Waals surface area contributed by atoms with Gasteiger partial charge < -0.3 is 15.0 Å². The first-order valence-corrected chi connectivity index (χ1v) is 11.2. The Balaban J connectivity index is 1.83. The molecular weight excluding hydrogens is 410 g/mol. The minimum Gasteiger partial charge on any atom is -0.372 e. The maximum atomic E-state index is 13.6. The Hall–Kier alpha value is -3.31. The largest absolute Gasteiger partial charge is 0.372 e. The number of H-pyrrole nitrogens is 1. The van der Waals surface area contributed by atoms with Crippen molar-refractivity contribution in [3.8, 4) is 23.1 Å². The van der Waals surface area contributed by atoms with Gasteiger partial charge in [-0.25, -0.2) is 12.4 Å². The van der Waals surface area contributed by atoms with Crippen LogP contribution < -0.4 is 5.32 Å². The third-order valence-electron chi connectivity index (χ3n) is 4.91. The molecule has 4 rings (SSSR count). The molecule has 6 nitrogen and oxygen atoms in total. The van der Waals surface area contributed by atoms with Gasteiger partial charge in [-0.3, -0.25) is 0 Å². The lowest BCUT2D eigenvalue weighted by Crippen LogP contribution is -2.13. The fraction of sp³-hybridized carbons (Fsp3) is 0.167. The molecule has 0 radical (unpaired) electrons. The van der Waals surface area contributed by atoms with Crippen molar-refractivity contribution in [1.29, 1.82) is 0 Å². The van der Waals surface area contributed by atoms with Crippen LogP contribution >= 0.6 is 0 Å². The SMILES string of the molecule is CNCc1cc(-c2ccc3[nH]ccc3c2)n(S(=O)(=O)c2cccc(C#CCOC)c2)c1. The highest BCUT2D eigenvalue weighted by atomic mass is 32.2. The third kappa shape index (κ3) is 4.28. The van der Waals surface area contributed by atoms with Gasteiger partial charge in [-0.1, -0.05) is 24.0 Å². The van der Waals surface area contributed by atoms with Crippen molar-refractivity contribution in [1.82, 2.24) is 14.3 Å². The van der Waals surface area contributed by atoms with Crippen molar-refractivity contribution in [2.45, 2.75) is 11.4 Å². The Morgan fingerprint density at radius 1 is 1.13 bits per heavy atom. The maximum Gasteiger partial charge on any atom is 0.268 e. The summed E-state index contributed by atoms with van der Waals surface area (Å²) in [7, 11) is -0.427. The molecule has 0 atom stereocenters. The Morgan fingerprint density at radius 3 is 2.81 bits per heavy atom. The van der Waals surface area contributed by atoms with Crippen molar-refractivity contribution in [3.63, 3.8) is 0 Å². The van der Waals surface area contributed by atoms with E-state index in [9.17, 15) is 8.42 Å². The van der Waals surface area contributed by atoms with Gasteiger partial charge >= 0.3 is 0 Å². The van der Waals surface area contributed by atoms with Gasteiger partial charge in [0.05, 0.1) is 10.6 Å². The summed E-state index contributed by atoms with van der Waals surface area (Å²) in [5.74, 6) is 5.79. The fourth-order valence-corrected chi connectivity index (χ4v) is 4.92. The standard InChI is InChI=1S/C24H23N3O3S/c1-25-16-19-14-24(21-8-9-23-20(15-21)10-11-26-23)27(17-19)31(28,29)22-7-3-5-18(13-22)6-4-12-30-2/h3,5,7-11,13-15,17,25-26H,12,16H2,1-2H3. The zero-order valence-electron chi connectivity index (χ0n) is 17.3. The van der Waals surface area contributed by atoms with Gasteiger partial charge in [-0.2, -0.15) is 0 Å². The average molecular weight is 434 g/mol. The zero-order chi connectivity index (χ0) is 21.8. The van der Waals surface area contributed by atoms with E-state index in [0.29, 0.717) is 17.8 Å². The quantitative estimate of drug-likeness (QED) is 0.456. The van der Waals surface area contributed by atoms with Gasteiger partial charge in [0, 0.05) is 42.5 Å².